The highest BCUT2D eigenvalue weighted by Crippen LogP contribution is 2.32. The van der Waals surface area contributed by atoms with Crippen molar-refractivity contribution in [1.29, 1.82) is 0 Å². The van der Waals surface area contributed by atoms with Gasteiger partial charge in [0.2, 0.25) is 0 Å². The number of rotatable bonds is 6. The molecule has 0 bridgehead atoms. The SMILES string of the molecule is COc1ccc(-c2ccc(C=CC(=O)O)nc2-c2ccc(OC)cc2)cc1. The van der Waals surface area contributed by atoms with Crippen LogP contribution in [-0.4, -0.2) is 30.3 Å². The molecule has 0 aliphatic heterocycles. The Hall–Kier alpha value is -3.60. The number of ether oxygens (including phenoxy) is 2. The van der Waals surface area contributed by atoms with E-state index in [1.807, 2.05) is 54.6 Å². The number of pyridine rings is 1. The van der Waals surface area contributed by atoms with Crippen LogP contribution in [0.3, 0.4) is 0 Å². The Labute approximate surface area is 157 Å². The van der Waals surface area contributed by atoms with E-state index in [4.69, 9.17) is 14.6 Å². The summed E-state index contributed by atoms with van der Waals surface area (Å²) in [5, 5.41) is 8.86. The molecule has 0 unspecified atom stereocenters. The maximum Gasteiger partial charge on any atom is 0.328 e. The van der Waals surface area contributed by atoms with Crippen molar-refractivity contribution in [2.24, 2.45) is 0 Å². The molecule has 1 heterocycles. The molecular weight excluding hydrogens is 342 g/mol. The molecule has 0 radical (unpaired) electrons. The number of methoxy groups -OCH3 is 2. The van der Waals surface area contributed by atoms with Gasteiger partial charge in [-0.3, -0.25) is 0 Å². The monoisotopic (exact) mass is 361 g/mol. The van der Waals surface area contributed by atoms with E-state index in [2.05, 4.69) is 4.98 Å². The standard InChI is InChI=1S/C22H19NO4/c1-26-18-9-3-15(4-10-18)20-13-7-17(8-14-21(24)25)23-22(20)16-5-11-19(27-2)12-6-16/h3-14H,1-2H3,(H,24,25). The fourth-order valence-corrected chi connectivity index (χ4v) is 2.70. The Kier molecular flexibility index (Phi) is 5.52. The number of carbonyl (C=O) groups is 1. The number of carboxylic acid groups (broad SMARTS) is 1. The minimum atomic E-state index is -1.01. The molecule has 0 aliphatic carbocycles. The van der Waals surface area contributed by atoms with E-state index in [0.717, 1.165) is 40.0 Å². The second-order valence-electron chi connectivity index (χ2n) is 5.76. The van der Waals surface area contributed by atoms with E-state index in [1.54, 1.807) is 20.3 Å². The van der Waals surface area contributed by atoms with Crippen LogP contribution < -0.4 is 9.47 Å². The molecule has 3 rings (SSSR count). The summed E-state index contributed by atoms with van der Waals surface area (Å²) in [6.45, 7) is 0. The molecule has 27 heavy (non-hydrogen) atoms. The number of carboxylic acids is 1. The predicted octanol–water partition coefficient (Wildman–Crippen LogP) is 4.53. The molecule has 0 saturated carbocycles. The molecule has 2 aromatic carbocycles. The first-order valence-electron chi connectivity index (χ1n) is 8.31. The summed E-state index contributed by atoms with van der Waals surface area (Å²) in [7, 11) is 3.25. The third kappa shape index (κ3) is 4.33. The quantitative estimate of drug-likeness (QED) is 0.653. The van der Waals surface area contributed by atoms with Gasteiger partial charge in [0.25, 0.3) is 0 Å². The van der Waals surface area contributed by atoms with Gasteiger partial charge in [-0.05, 0) is 54.1 Å². The van der Waals surface area contributed by atoms with Crippen molar-refractivity contribution in [1.82, 2.24) is 4.98 Å². The average Bonchev–Trinajstić information content (AvgIpc) is 2.72. The minimum Gasteiger partial charge on any atom is -0.497 e. The second-order valence-corrected chi connectivity index (χ2v) is 5.76. The third-order valence-corrected chi connectivity index (χ3v) is 4.08. The first-order chi connectivity index (χ1) is 13.1. The first kappa shape index (κ1) is 18.2. The van der Waals surface area contributed by atoms with Gasteiger partial charge in [0.1, 0.15) is 11.5 Å². The van der Waals surface area contributed by atoms with Crippen molar-refractivity contribution < 1.29 is 19.4 Å². The van der Waals surface area contributed by atoms with Crippen molar-refractivity contribution in [3.8, 4) is 33.9 Å². The fraction of sp³-hybridized carbons (Fsp3) is 0.0909. The Bertz CT molecular complexity index is 961. The molecule has 0 amide bonds. The molecule has 3 aromatic rings. The molecule has 1 N–H and O–H groups in total. The van der Waals surface area contributed by atoms with Gasteiger partial charge in [0.05, 0.1) is 25.6 Å². The van der Waals surface area contributed by atoms with Crippen LogP contribution in [-0.2, 0) is 4.79 Å². The van der Waals surface area contributed by atoms with Gasteiger partial charge in [0, 0.05) is 17.2 Å². The van der Waals surface area contributed by atoms with Gasteiger partial charge >= 0.3 is 5.97 Å². The second kappa shape index (κ2) is 8.19. The number of nitrogens with zero attached hydrogens (tertiary/aromatic N) is 1. The lowest BCUT2D eigenvalue weighted by Crippen LogP contribution is -1.94. The molecule has 0 spiro atoms. The summed E-state index contributed by atoms with van der Waals surface area (Å²) >= 11 is 0. The maximum absolute atomic E-state index is 10.8. The summed E-state index contributed by atoms with van der Waals surface area (Å²) in [5.41, 5.74) is 4.17. The predicted molar refractivity (Wildman–Crippen MR) is 105 cm³/mol. The number of aromatic nitrogens is 1. The van der Waals surface area contributed by atoms with Crippen molar-refractivity contribution in [2.45, 2.75) is 0 Å². The van der Waals surface area contributed by atoms with Crippen LogP contribution >= 0.6 is 0 Å². The fourth-order valence-electron chi connectivity index (χ4n) is 2.70. The highest BCUT2D eigenvalue weighted by molar-refractivity contribution is 5.86. The molecular formula is C22H19NO4. The van der Waals surface area contributed by atoms with Crippen molar-refractivity contribution in [3.05, 3.63) is 72.4 Å². The van der Waals surface area contributed by atoms with Crippen molar-refractivity contribution >= 4 is 12.0 Å². The van der Waals surface area contributed by atoms with Gasteiger partial charge in [0.15, 0.2) is 0 Å². The van der Waals surface area contributed by atoms with Crippen molar-refractivity contribution in [3.63, 3.8) is 0 Å². The molecule has 0 aliphatic rings. The Morgan fingerprint density at radius 3 is 1.93 bits per heavy atom. The lowest BCUT2D eigenvalue weighted by atomic mass is 9.98. The highest BCUT2D eigenvalue weighted by atomic mass is 16.5. The summed E-state index contributed by atoms with van der Waals surface area (Å²) < 4.78 is 10.4. The highest BCUT2D eigenvalue weighted by Gasteiger charge is 2.11. The molecule has 5 nitrogen and oxygen atoms in total. The smallest absolute Gasteiger partial charge is 0.328 e. The summed E-state index contributed by atoms with van der Waals surface area (Å²) in [4.78, 5) is 15.5. The largest absolute Gasteiger partial charge is 0.497 e. The third-order valence-electron chi connectivity index (χ3n) is 4.08. The van der Waals surface area contributed by atoms with E-state index in [-0.39, 0.29) is 0 Å². The zero-order valence-corrected chi connectivity index (χ0v) is 15.0. The average molecular weight is 361 g/mol. The van der Waals surface area contributed by atoms with Crippen LogP contribution in [0.1, 0.15) is 5.69 Å². The topological polar surface area (TPSA) is 68.7 Å². The summed E-state index contributed by atoms with van der Waals surface area (Å²) in [6, 6.07) is 19.1. The van der Waals surface area contributed by atoms with E-state index >= 15 is 0 Å². The number of hydrogen-bond donors (Lipinski definition) is 1. The number of benzene rings is 2. The normalized spacial score (nSPS) is 10.7. The lowest BCUT2D eigenvalue weighted by molar-refractivity contribution is -0.131. The Morgan fingerprint density at radius 1 is 0.852 bits per heavy atom. The Balaban J connectivity index is 2.11. The van der Waals surface area contributed by atoms with Crippen LogP contribution in [0, 0.1) is 0 Å². The summed E-state index contributed by atoms with van der Waals surface area (Å²) in [6.07, 6.45) is 2.56. The van der Waals surface area contributed by atoms with Crippen LogP contribution in [0.2, 0.25) is 0 Å². The van der Waals surface area contributed by atoms with E-state index in [9.17, 15) is 4.79 Å². The van der Waals surface area contributed by atoms with Crippen LogP contribution in [0.4, 0.5) is 0 Å². The molecule has 136 valence electrons. The maximum atomic E-state index is 10.8. The van der Waals surface area contributed by atoms with Gasteiger partial charge in [-0.25, -0.2) is 9.78 Å². The molecule has 1 aromatic heterocycles. The zero-order valence-electron chi connectivity index (χ0n) is 15.0. The lowest BCUT2D eigenvalue weighted by Gasteiger charge is -2.12. The van der Waals surface area contributed by atoms with E-state index < -0.39 is 5.97 Å². The zero-order chi connectivity index (χ0) is 19.2. The molecule has 5 heteroatoms. The van der Waals surface area contributed by atoms with Crippen LogP contribution in [0.15, 0.2) is 66.7 Å². The van der Waals surface area contributed by atoms with Gasteiger partial charge < -0.3 is 14.6 Å². The van der Waals surface area contributed by atoms with Crippen molar-refractivity contribution in [2.75, 3.05) is 14.2 Å². The molecule has 0 saturated heterocycles. The molecule has 0 atom stereocenters. The summed E-state index contributed by atoms with van der Waals surface area (Å²) in [5.74, 6) is 0.521. The Morgan fingerprint density at radius 2 is 1.41 bits per heavy atom. The van der Waals surface area contributed by atoms with Crippen LogP contribution in [0.5, 0.6) is 11.5 Å². The first-order valence-corrected chi connectivity index (χ1v) is 8.31. The molecule has 0 fully saturated rings. The van der Waals surface area contributed by atoms with Gasteiger partial charge in [-0.1, -0.05) is 18.2 Å². The van der Waals surface area contributed by atoms with Crippen LogP contribution in [0.25, 0.3) is 28.5 Å². The van der Waals surface area contributed by atoms with Gasteiger partial charge in [-0.15, -0.1) is 0 Å². The minimum absolute atomic E-state index is 0.570. The van der Waals surface area contributed by atoms with Gasteiger partial charge in [-0.2, -0.15) is 0 Å². The number of hydrogen-bond acceptors (Lipinski definition) is 4. The van der Waals surface area contributed by atoms with E-state index in [0.29, 0.717) is 5.69 Å². The van der Waals surface area contributed by atoms with E-state index in [1.165, 1.54) is 6.08 Å². The number of aliphatic carboxylic acids is 1.